The minimum absolute atomic E-state index is 0.0148. The van der Waals surface area contributed by atoms with Gasteiger partial charge in [0.2, 0.25) is 5.91 Å². The number of nitrogens with zero attached hydrogens (tertiary/aromatic N) is 2. The van der Waals surface area contributed by atoms with Crippen molar-refractivity contribution in [1.82, 2.24) is 9.80 Å². The van der Waals surface area contributed by atoms with Crippen LogP contribution in [0.5, 0.6) is 11.5 Å². The van der Waals surface area contributed by atoms with Crippen molar-refractivity contribution in [3.05, 3.63) is 59.7 Å². The standard InChI is InChI=1S/C27H34N2O4/c1-19-9-11-21(12-10-19)29-18-25(30)28(16-15-20-7-5-4-6-8-20)26(27(29)31)23-17-22(32-2)13-14-24(23)33-3/h4-8,13-14,17,19,21,26H,9-12,15-16,18H2,1-3H3. The van der Waals surface area contributed by atoms with Gasteiger partial charge in [0.15, 0.2) is 0 Å². The Labute approximate surface area is 196 Å². The minimum Gasteiger partial charge on any atom is -0.497 e. The Kier molecular flexibility index (Phi) is 7.21. The van der Waals surface area contributed by atoms with Gasteiger partial charge in [0.1, 0.15) is 24.1 Å². The molecule has 2 aromatic rings. The lowest BCUT2D eigenvalue weighted by Gasteiger charge is -2.45. The van der Waals surface area contributed by atoms with Gasteiger partial charge in [-0.3, -0.25) is 9.59 Å². The molecule has 1 aliphatic heterocycles. The van der Waals surface area contributed by atoms with Gasteiger partial charge in [0.25, 0.3) is 5.91 Å². The zero-order valence-corrected chi connectivity index (χ0v) is 19.8. The fourth-order valence-electron chi connectivity index (χ4n) is 5.11. The molecule has 1 heterocycles. The van der Waals surface area contributed by atoms with E-state index in [1.54, 1.807) is 19.1 Å². The lowest BCUT2D eigenvalue weighted by atomic mass is 9.85. The van der Waals surface area contributed by atoms with Crippen molar-refractivity contribution >= 4 is 11.8 Å². The summed E-state index contributed by atoms with van der Waals surface area (Å²) in [7, 11) is 3.19. The highest BCUT2D eigenvalue weighted by Crippen LogP contribution is 2.38. The van der Waals surface area contributed by atoms with Crippen LogP contribution in [0.2, 0.25) is 0 Å². The molecule has 0 spiro atoms. The lowest BCUT2D eigenvalue weighted by molar-refractivity contribution is -0.159. The van der Waals surface area contributed by atoms with Crippen LogP contribution in [0.4, 0.5) is 0 Å². The smallest absolute Gasteiger partial charge is 0.250 e. The summed E-state index contributed by atoms with van der Waals surface area (Å²) < 4.78 is 11.1. The molecule has 1 saturated heterocycles. The summed E-state index contributed by atoms with van der Waals surface area (Å²) in [4.78, 5) is 31.0. The summed E-state index contributed by atoms with van der Waals surface area (Å²) in [6, 6.07) is 14.9. The molecule has 1 aliphatic carbocycles. The summed E-state index contributed by atoms with van der Waals surface area (Å²) in [6.07, 6.45) is 4.77. The molecule has 176 valence electrons. The van der Waals surface area contributed by atoms with Crippen LogP contribution in [-0.2, 0) is 16.0 Å². The maximum absolute atomic E-state index is 14.0. The van der Waals surface area contributed by atoms with E-state index in [-0.39, 0.29) is 24.4 Å². The quantitative estimate of drug-likeness (QED) is 0.633. The van der Waals surface area contributed by atoms with Crippen LogP contribution in [0.25, 0.3) is 0 Å². The average molecular weight is 451 g/mol. The molecule has 2 amide bonds. The predicted molar refractivity (Wildman–Crippen MR) is 127 cm³/mol. The van der Waals surface area contributed by atoms with E-state index in [4.69, 9.17) is 9.47 Å². The Morgan fingerprint density at radius 1 is 0.939 bits per heavy atom. The van der Waals surface area contributed by atoms with Crippen LogP contribution < -0.4 is 9.47 Å². The van der Waals surface area contributed by atoms with Gasteiger partial charge in [0, 0.05) is 18.2 Å². The number of carbonyl (C=O) groups is 2. The molecule has 4 rings (SSSR count). The normalized spacial score (nSPS) is 23.5. The van der Waals surface area contributed by atoms with E-state index >= 15 is 0 Å². The third kappa shape index (κ3) is 5.00. The van der Waals surface area contributed by atoms with Crippen molar-refractivity contribution in [3.63, 3.8) is 0 Å². The molecule has 0 N–H and O–H groups in total. The number of ether oxygens (including phenoxy) is 2. The molecule has 33 heavy (non-hydrogen) atoms. The maximum atomic E-state index is 14.0. The van der Waals surface area contributed by atoms with E-state index in [0.717, 1.165) is 31.2 Å². The van der Waals surface area contributed by atoms with Crippen LogP contribution >= 0.6 is 0 Å². The van der Waals surface area contributed by atoms with Crippen LogP contribution in [0, 0.1) is 5.92 Å². The van der Waals surface area contributed by atoms with E-state index < -0.39 is 6.04 Å². The van der Waals surface area contributed by atoms with Gasteiger partial charge >= 0.3 is 0 Å². The highest BCUT2D eigenvalue weighted by atomic mass is 16.5. The first kappa shape index (κ1) is 23.1. The van der Waals surface area contributed by atoms with Gasteiger partial charge in [-0.25, -0.2) is 0 Å². The van der Waals surface area contributed by atoms with Gasteiger partial charge in [-0.05, 0) is 61.8 Å². The summed E-state index contributed by atoms with van der Waals surface area (Å²) in [6.45, 7) is 2.87. The Bertz CT molecular complexity index is 969. The molecule has 1 atom stereocenters. The first-order valence-electron chi connectivity index (χ1n) is 11.9. The molecular formula is C27H34N2O4. The van der Waals surface area contributed by atoms with E-state index in [1.807, 2.05) is 53.4 Å². The molecule has 0 aromatic heterocycles. The fraction of sp³-hybridized carbons (Fsp3) is 0.481. The van der Waals surface area contributed by atoms with E-state index in [1.165, 1.54) is 0 Å². The van der Waals surface area contributed by atoms with E-state index in [9.17, 15) is 9.59 Å². The molecule has 6 heteroatoms. The number of carbonyl (C=O) groups excluding carboxylic acids is 2. The monoisotopic (exact) mass is 450 g/mol. The maximum Gasteiger partial charge on any atom is 0.250 e. The molecule has 1 unspecified atom stereocenters. The third-order valence-electron chi connectivity index (χ3n) is 7.10. The number of benzene rings is 2. The van der Waals surface area contributed by atoms with Gasteiger partial charge in [-0.1, -0.05) is 37.3 Å². The van der Waals surface area contributed by atoms with Crippen LogP contribution in [0.15, 0.2) is 48.5 Å². The highest BCUT2D eigenvalue weighted by molar-refractivity contribution is 5.96. The predicted octanol–water partition coefficient (Wildman–Crippen LogP) is 4.24. The average Bonchev–Trinajstić information content (AvgIpc) is 2.85. The molecular weight excluding hydrogens is 416 g/mol. The molecule has 2 fully saturated rings. The Hall–Kier alpha value is -3.02. The van der Waals surface area contributed by atoms with Gasteiger partial charge in [-0.15, -0.1) is 0 Å². The first-order valence-corrected chi connectivity index (χ1v) is 11.9. The van der Waals surface area contributed by atoms with Gasteiger partial charge < -0.3 is 19.3 Å². The fourth-order valence-corrected chi connectivity index (χ4v) is 5.11. The Balaban J connectivity index is 1.68. The molecule has 6 nitrogen and oxygen atoms in total. The largest absolute Gasteiger partial charge is 0.497 e. The second-order valence-corrected chi connectivity index (χ2v) is 9.21. The second kappa shape index (κ2) is 10.3. The Morgan fingerprint density at radius 3 is 2.33 bits per heavy atom. The van der Waals surface area contributed by atoms with Crippen molar-refractivity contribution in [3.8, 4) is 11.5 Å². The van der Waals surface area contributed by atoms with E-state index in [2.05, 4.69) is 6.92 Å². The molecule has 1 saturated carbocycles. The minimum atomic E-state index is -0.723. The Morgan fingerprint density at radius 2 is 1.67 bits per heavy atom. The number of amides is 2. The number of hydrogen-bond donors (Lipinski definition) is 0. The molecule has 0 radical (unpaired) electrons. The van der Waals surface area contributed by atoms with Crippen LogP contribution in [0.1, 0.15) is 49.8 Å². The topological polar surface area (TPSA) is 59.1 Å². The van der Waals surface area contributed by atoms with E-state index in [0.29, 0.717) is 35.9 Å². The van der Waals surface area contributed by atoms with Crippen LogP contribution in [0.3, 0.4) is 0 Å². The molecule has 2 aromatic carbocycles. The van der Waals surface area contributed by atoms with Crippen molar-refractivity contribution < 1.29 is 19.1 Å². The molecule has 0 bridgehead atoms. The molecule has 2 aliphatic rings. The third-order valence-corrected chi connectivity index (χ3v) is 7.10. The van der Waals surface area contributed by atoms with Crippen molar-refractivity contribution in [1.29, 1.82) is 0 Å². The number of piperazine rings is 1. The number of hydrogen-bond acceptors (Lipinski definition) is 4. The zero-order valence-electron chi connectivity index (χ0n) is 19.8. The first-order chi connectivity index (χ1) is 16.0. The SMILES string of the molecule is COc1ccc(OC)c(C2C(=O)N(C3CCC(C)CC3)CC(=O)N2CCc2ccccc2)c1. The zero-order chi connectivity index (χ0) is 23.4. The summed E-state index contributed by atoms with van der Waals surface area (Å²) >= 11 is 0. The number of rotatable bonds is 7. The second-order valence-electron chi connectivity index (χ2n) is 9.21. The van der Waals surface area contributed by atoms with Crippen LogP contribution in [-0.4, -0.2) is 55.0 Å². The van der Waals surface area contributed by atoms with Crippen molar-refractivity contribution in [2.45, 2.75) is 51.1 Å². The van der Waals surface area contributed by atoms with Crippen molar-refractivity contribution in [2.75, 3.05) is 27.3 Å². The highest BCUT2D eigenvalue weighted by Gasteiger charge is 2.44. The lowest BCUT2D eigenvalue weighted by Crippen LogP contribution is -2.59. The van der Waals surface area contributed by atoms with Gasteiger partial charge in [0.05, 0.1) is 14.2 Å². The number of methoxy groups -OCH3 is 2. The summed E-state index contributed by atoms with van der Waals surface area (Å²) in [5, 5.41) is 0. The van der Waals surface area contributed by atoms with Crippen molar-refractivity contribution in [2.24, 2.45) is 5.92 Å². The van der Waals surface area contributed by atoms with Gasteiger partial charge in [-0.2, -0.15) is 0 Å². The summed E-state index contributed by atoms with van der Waals surface area (Å²) in [5.74, 6) is 1.87. The summed E-state index contributed by atoms with van der Waals surface area (Å²) in [5.41, 5.74) is 1.81.